The first-order valence-corrected chi connectivity index (χ1v) is 5.86. The van der Waals surface area contributed by atoms with E-state index < -0.39 is 0 Å². The van der Waals surface area contributed by atoms with Gasteiger partial charge in [-0.05, 0) is 29.3 Å². The van der Waals surface area contributed by atoms with Gasteiger partial charge in [-0.15, -0.1) is 16.7 Å². The Morgan fingerprint density at radius 3 is 3.07 bits per heavy atom. The predicted molar refractivity (Wildman–Crippen MR) is 60.2 cm³/mol. The van der Waals surface area contributed by atoms with E-state index in [1.807, 2.05) is 11.4 Å². The fourth-order valence-electron chi connectivity index (χ4n) is 1.04. The molecule has 1 unspecified atom stereocenters. The van der Waals surface area contributed by atoms with Crippen LogP contribution in [-0.4, -0.2) is 10.2 Å². The quantitative estimate of drug-likeness (QED) is 0.839. The average Bonchev–Trinajstić information content (AvgIpc) is 2.86. The lowest BCUT2D eigenvalue weighted by molar-refractivity contribution is 0.506. The molecule has 0 aliphatic carbocycles. The molecule has 0 aromatic carbocycles. The van der Waals surface area contributed by atoms with Crippen LogP contribution in [0.4, 0.5) is 6.01 Å². The molecular weight excluding hydrogens is 234 g/mol. The van der Waals surface area contributed by atoms with Crippen LogP contribution < -0.4 is 5.32 Å². The van der Waals surface area contributed by atoms with Crippen molar-refractivity contribution in [2.45, 2.75) is 18.8 Å². The number of anilines is 1. The van der Waals surface area contributed by atoms with E-state index in [1.165, 1.54) is 5.56 Å². The number of nitrogens with one attached hydrogen (secondary N) is 1. The highest BCUT2D eigenvalue weighted by molar-refractivity contribution is 7.07. The highest BCUT2D eigenvalue weighted by Gasteiger charge is 2.10. The van der Waals surface area contributed by atoms with Crippen molar-refractivity contribution in [3.63, 3.8) is 0 Å². The maximum absolute atomic E-state index is 5.79. The van der Waals surface area contributed by atoms with Crippen LogP contribution in [0, 0.1) is 0 Å². The summed E-state index contributed by atoms with van der Waals surface area (Å²) in [6, 6.07) is 2.45. The fraction of sp³-hybridized carbons (Fsp3) is 0.333. The third-order valence-electron chi connectivity index (χ3n) is 1.80. The summed E-state index contributed by atoms with van der Waals surface area (Å²) in [7, 11) is 0. The fourth-order valence-corrected chi connectivity index (χ4v) is 1.79. The zero-order chi connectivity index (χ0) is 10.7. The first kappa shape index (κ1) is 10.4. The van der Waals surface area contributed by atoms with Crippen LogP contribution in [0.5, 0.6) is 0 Å². The van der Waals surface area contributed by atoms with Crippen LogP contribution in [-0.2, 0) is 6.54 Å². The summed E-state index contributed by atoms with van der Waals surface area (Å²) in [5.41, 5.74) is 1.19. The van der Waals surface area contributed by atoms with Crippen molar-refractivity contribution in [2.24, 2.45) is 0 Å². The summed E-state index contributed by atoms with van der Waals surface area (Å²) >= 11 is 7.45. The van der Waals surface area contributed by atoms with Crippen molar-refractivity contribution in [1.82, 2.24) is 10.2 Å². The molecule has 1 N–H and O–H groups in total. The minimum atomic E-state index is -0.255. The second kappa shape index (κ2) is 4.63. The highest BCUT2D eigenvalue weighted by Crippen LogP contribution is 2.19. The topological polar surface area (TPSA) is 51.0 Å². The Labute approximate surface area is 96.3 Å². The summed E-state index contributed by atoms with van der Waals surface area (Å²) in [5.74, 6) is 0.435. The van der Waals surface area contributed by atoms with Crippen LogP contribution in [0.3, 0.4) is 0 Å². The van der Waals surface area contributed by atoms with E-state index in [0.717, 1.165) is 0 Å². The summed E-state index contributed by atoms with van der Waals surface area (Å²) in [6.45, 7) is 2.47. The van der Waals surface area contributed by atoms with Gasteiger partial charge in [0.2, 0.25) is 5.89 Å². The second-order valence-corrected chi connectivity index (χ2v) is 4.48. The number of hydrogen-bond donors (Lipinski definition) is 1. The van der Waals surface area contributed by atoms with E-state index in [0.29, 0.717) is 18.5 Å². The SMILES string of the molecule is CC(Cl)c1nnc(NCc2ccsc2)o1. The number of nitrogens with zero attached hydrogens (tertiary/aromatic N) is 2. The smallest absolute Gasteiger partial charge is 0.315 e. The third kappa shape index (κ3) is 2.70. The van der Waals surface area contributed by atoms with Gasteiger partial charge in [-0.1, -0.05) is 5.10 Å². The molecule has 0 radical (unpaired) electrons. The number of thiophene rings is 1. The Morgan fingerprint density at radius 1 is 1.60 bits per heavy atom. The van der Waals surface area contributed by atoms with E-state index >= 15 is 0 Å². The van der Waals surface area contributed by atoms with E-state index in [4.69, 9.17) is 16.0 Å². The van der Waals surface area contributed by atoms with Gasteiger partial charge in [0, 0.05) is 6.54 Å². The number of rotatable bonds is 4. The van der Waals surface area contributed by atoms with Crippen LogP contribution in [0.1, 0.15) is 23.8 Å². The van der Waals surface area contributed by atoms with Gasteiger partial charge in [-0.3, -0.25) is 0 Å². The number of alkyl halides is 1. The highest BCUT2D eigenvalue weighted by atomic mass is 35.5. The zero-order valence-corrected chi connectivity index (χ0v) is 9.68. The Hall–Kier alpha value is -1.07. The van der Waals surface area contributed by atoms with Gasteiger partial charge in [0.25, 0.3) is 0 Å². The molecule has 0 amide bonds. The van der Waals surface area contributed by atoms with Crippen molar-refractivity contribution < 1.29 is 4.42 Å². The molecule has 4 nitrogen and oxygen atoms in total. The molecule has 0 fully saturated rings. The molecule has 2 rings (SSSR count). The Balaban J connectivity index is 1.94. The first-order chi connectivity index (χ1) is 7.25. The number of halogens is 1. The monoisotopic (exact) mass is 243 g/mol. The molecular formula is C9H10ClN3OS. The van der Waals surface area contributed by atoms with E-state index in [2.05, 4.69) is 20.9 Å². The Morgan fingerprint density at radius 2 is 2.47 bits per heavy atom. The van der Waals surface area contributed by atoms with Gasteiger partial charge in [0.1, 0.15) is 5.38 Å². The molecule has 80 valence electrons. The maximum Gasteiger partial charge on any atom is 0.315 e. The molecule has 0 saturated carbocycles. The van der Waals surface area contributed by atoms with Gasteiger partial charge in [-0.25, -0.2) is 0 Å². The van der Waals surface area contributed by atoms with Crippen LogP contribution >= 0.6 is 22.9 Å². The van der Waals surface area contributed by atoms with Crippen molar-refractivity contribution in [1.29, 1.82) is 0 Å². The second-order valence-electron chi connectivity index (χ2n) is 3.05. The molecule has 0 saturated heterocycles. The van der Waals surface area contributed by atoms with Crippen molar-refractivity contribution in [2.75, 3.05) is 5.32 Å². The standard InChI is InChI=1S/C9H10ClN3OS/c1-6(10)8-12-13-9(14-8)11-4-7-2-3-15-5-7/h2-3,5-6H,4H2,1H3,(H,11,13). The molecule has 2 aromatic rings. The molecule has 15 heavy (non-hydrogen) atoms. The lowest BCUT2D eigenvalue weighted by Gasteiger charge is -1.97. The van der Waals surface area contributed by atoms with Gasteiger partial charge < -0.3 is 9.73 Å². The molecule has 2 heterocycles. The Bertz CT molecular complexity index is 413. The summed E-state index contributed by atoms with van der Waals surface area (Å²) in [6.07, 6.45) is 0. The van der Waals surface area contributed by atoms with Crippen molar-refractivity contribution in [3.05, 3.63) is 28.3 Å². The number of aromatic nitrogens is 2. The summed E-state index contributed by atoms with van der Waals surface area (Å²) in [4.78, 5) is 0. The largest absolute Gasteiger partial charge is 0.406 e. The molecule has 0 aliphatic heterocycles. The molecule has 0 spiro atoms. The Kier molecular flexibility index (Phi) is 3.23. The third-order valence-corrected chi connectivity index (χ3v) is 2.72. The van der Waals surface area contributed by atoms with Crippen molar-refractivity contribution in [3.8, 4) is 0 Å². The molecule has 2 aromatic heterocycles. The van der Waals surface area contributed by atoms with Crippen LogP contribution in [0.25, 0.3) is 0 Å². The maximum atomic E-state index is 5.79. The molecule has 0 bridgehead atoms. The van der Waals surface area contributed by atoms with E-state index in [1.54, 1.807) is 18.3 Å². The first-order valence-electron chi connectivity index (χ1n) is 4.48. The van der Waals surface area contributed by atoms with Gasteiger partial charge in [-0.2, -0.15) is 11.3 Å². The van der Waals surface area contributed by atoms with E-state index in [-0.39, 0.29) is 5.38 Å². The minimum absolute atomic E-state index is 0.255. The van der Waals surface area contributed by atoms with Crippen LogP contribution in [0.15, 0.2) is 21.2 Å². The van der Waals surface area contributed by atoms with Gasteiger partial charge in [0.15, 0.2) is 0 Å². The predicted octanol–water partition coefficient (Wildman–Crippen LogP) is 3.04. The van der Waals surface area contributed by atoms with Gasteiger partial charge in [0.05, 0.1) is 0 Å². The lowest BCUT2D eigenvalue weighted by Crippen LogP contribution is -1.97. The molecule has 6 heteroatoms. The molecule has 1 atom stereocenters. The molecule has 0 aliphatic rings. The van der Waals surface area contributed by atoms with Crippen LogP contribution in [0.2, 0.25) is 0 Å². The normalized spacial score (nSPS) is 12.7. The average molecular weight is 244 g/mol. The van der Waals surface area contributed by atoms with Gasteiger partial charge >= 0.3 is 6.01 Å². The summed E-state index contributed by atoms with van der Waals surface area (Å²) in [5, 5.41) is 14.5. The zero-order valence-electron chi connectivity index (χ0n) is 8.11. The number of hydrogen-bond acceptors (Lipinski definition) is 5. The minimum Gasteiger partial charge on any atom is -0.406 e. The lowest BCUT2D eigenvalue weighted by atomic mass is 10.3. The van der Waals surface area contributed by atoms with Crippen molar-refractivity contribution >= 4 is 29.0 Å². The van der Waals surface area contributed by atoms with E-state index in [9.17, 15) is 0 Å². The summed E-state index contributed by atoms with van der Waals surface area (Å²) < 4.78 is 5.28.